The first-order chi connectivity index (χ1) is 17.9. The molecular weight excluding hydrogens is 440 g/mol. The van der Waals surface area contributed by atoms with Crippen molar-refractivity contribution in [1.82, 2.24) is 9.38 Å². The van der Waals surface area contributed by atoms with Crippen LogP contribution in [0.3, 0.4) is 0 Å². The van der Waals surface area contributed by atoms with Gasteiger partial charge in [0.05, 0.1) is 28.3 Å². The van der Waals surface area contributed by atoms with Crippen molar-refractivity contribution in [3.05, 3.63) is 121 Å². The van der Waals surface area contributed by atoms with Gasteiger partial charge in [-0.3, -0.25) is 4.98 Å². The third kappa shape index (κ3) is 2.65. The summed E-state index contributed by atoms with van der Waals surface area (Å²) in [5, 5.41) is 3.52. The first-order valence-corrected chi connectivity index (χ1v) is 12.1. The largest absolute Gasteiger partial charge is 0.455 e. The molecule has 0 unspecified atom stereocenters. The normalized spacial score (nSPS) is 11.9. The average molecular weight is 461 g/mol. The standard InChI is InChI=1S/C33H20N2O/c1-4-13-28-26(9-1)32(30-20-34-27-12-3-5-14-29(27)35(28)30)22-18-16-21(17-19-22)23-10-7-11-25-24-8-2-6-15-31(24)36-33(23)25/h1-20H. The quantitative estimate of drug-likeness (QED) is 0.258. The van der Waals surface area contributed by atoms with E-state index in [2.05, 4.69) is 101 Å². The molecule has 5 aromatic carbocycles. The van der Waals surface area contributed by atoms with Crippen molar-refractivity contribution < 1.29 is 4.42 Å². The Hall–Kier alpha value is -4.89. The number of hydrogen-bond acceptors (Lipinski definition) is 2. The van der Waals surface area contributed by atoms with E-state index in [9.17, 15) is 0 Å². The zero-order valence-electron chi connectivity index (χ0n) is 19.3. The van der Waals surface area contributed by atoms with Crippen LogP contribution in [0.15, 0.2) is 126 Å². The molecule has 0 bridgehead atoms. The molecule has 0 amide bonds. The summed E-state index contributed by atoms with van der Waals surface area (Å²) in [6, 6.07) is 40.4. The van der Waals surface area contributed by atoms with Gasteiger partial charge in [-0.1, -0.05) is 91.0 Å². The van der Waals surface area contributed by atoms with E-state index in [0.29, 0.717) is 0 Å². The molecule has 0 aliphatic rings. The molecule has 3 heteroatoms. The molecule has 3 heterocycles. The van der Waals surface area contributed by atoms with Gasteiger partial charge in [-0.15, -0.1) is 0 Å². The SMILES string of the molecule is c1ccc2c(c1)ncc1c(-c3ccc(-c4cccc5c4oc4ccccc45)cc3)c3ccccc3n12. The number of fused-ring (bicyclic) bond motifs is 8. The summed E-state index contributed by atoms with van der Waals surface area (Å²) in [4.78, 5) is 4.78. The number of aromatic nitrogens is 2. The van der Waals surface area contributed by atoms with E-state index in [-0.39, 0.29) is 0 Å². The van der Waals surface area contributed by atoms with Crippen LogP contribution in [0.4, 0.5) is 0 Å². The summed E-state index contributed by atoms with van der Waals surface area (Å²) in [7, 11) is 0. The summed E-state index contributed by atoms with van der Waals surface area (Å²) in [5.41, 5.74) is 10.9. The number of para-hydroxylation sites is 5. The molecule has 8 aromatic rings. The second-order valence-corrected chi connectivity index (χ2v) is 9.22. The Kier molecular flexibility index (Phi) is 3.94. The molecule has 0 aliphatic carbocycles. The monoisotopic (exact) mass is 460 g/mol. The van der Waals surface area contributed by atoms with Gasteiger partial charge in [-0.05, 0) is 35.4 Å². The molecule has 0 fully saturated rings. The van der Waals surface area contributed by atoms with Crippen molar-refractivity contribution in [2.45, 2.75) is 0 Å². The zero-order chi connectivity index (χ0) is 23.6. The predicted molar refractivity (Wildman–Crippen MR) is 148 cm³/mol. The lowest BCUT2D eigenvalue weighted by Crippen LogP contribution is -1.90. The molecule has 0 saturated heterocycles. The smallest absolute Gasteiger partial charge is 0.143 e. The molecule has 168 valence electrons. The van der Waals surface area contributed by atoms with E-state index in [4.69, 9.17) is 9.40 Å². The van der Waals surface area contributed by atoms with Crippen molar-refractivity contribution in [3.63, 3.8) is 0 Å². The van der Waals surface area contributed by atoms with E-state index in [1.54, 1.807) is 0 Å². The van der Waals surface area contributed by atoms with Crippen LogP contribution in [0.5, 0.6) is 0 Å². The molecule has 0 saturated carbocycles. The van der Waals surface area contributed by atoms with Gasteiger partial charge in [-0.2, -0.15) is 0 Å². The van der Waals surface area contributed by atoms with Crippen LogP contribution < -0.4 is 0 Å². The maximum Gasteiger partial charge on any atom is 0.143 e. The Morgan fingerprint density at radius 1 is 0.528 bits per heavy atom. The maximum absolute atomic E-state index is 6.29. The first-order valence-electron chi connectivity index (χ1n) is 12.1. The lowest BCUT2D eigenvalue weighted by molar-refractivity contribution is 0.670. The highest BCUT2D eigenvalue weighted by Gasteiger charge is 2.17. The van der Waals surface area contributed by atoms with E-state index in [0.717, 1.165) is 49.6 Å². The van der Waals surface area contributed by atoms with Crippen molar-refractivity contribution >= 4 is 49.4 Å². The van der Waals surface area contributed by atoms with Crippen LogP contribution in [0, 0.1) is 0 Å². The van der Waals surface area contributed by atoms with Gasteiger partial charge >= 0.3 is 0 Å². The molecule has 0 atom stereocenters. The lowest BCUT2D eigenvalue weighted by Gasteiger charge is -2.07. The Bertz CT molecular complexity index is 2100. The zero-order valence-corrected chi connectivity index (χ0v) is 19.3. The van der Waals surface area contributed by atoms with Gasteiger partial charge in [0.15, 0.2) is 0 Å². The van der Waals surface area contributed by atoms with Crippen LogP contribution in [0.1, 0.15) is 0 Å². The van der Waals surface area contributed by atoms with Crippen LogP contribution in [0.2, 0.25) is 0 Å². The first kappa shape index (κ1) is 19.4. The fourth-order valence-electron chi connectivity index (χ4n) is 5.63. The fraction of sp³-hybridized carbons (Fsp3) is 0. The summed E-state index contributed by atoms with van der Waals surface area (Å²) < 4.78 is 8.61. The highest BCUT2D eigenvalue weighted by atomic mass is 16.3. The molecule has 0 N–H and O–H groups in total. The molecule has 3 nitrogen and oxygen atoms in total. The van der Waals surface area contributed by atoms with Crippen LogP contribution in [0.25, 0.3) is 71.6 Å². The van der Waals surface area contributed by atoms with E-state index in [1.807, 2.05) is 24.4 Å². The Morgan fingerprint density at radius 2 is 1.22 bits per heavy atom. The van der Waals surface area contributed by atoms with Crippen molar-refractivity contribution in [3.8, 4) is 22.3 Å². The number of nitrogens with zero attached hydrogens (tertiary/aromatic N) is 2. The average Bonchev–Trinajstić information content (AvgIpc) is 3.49. The second-order valence-electron chi connectivity index (χ2n) is 9.22. The van der Waals surface area contributed by atoms with Crippen molar-refractivity contribution in [2.24, 2.45) is 0 Å². The summed E-state index contributed by atoms with van der Waals surface area (Å²) in [6.07, 6.45) is 2.00. The predicted octanol–water partition coefficient (Wildman–Crippen LogP) is 8.87. The molecule has 36 heavy (non-hydrogen) atoms. The highest BCUT2D eigenvalue weighted by molar-refractivity contribution is 6.10. The third-order valence-corrected chi connectivity index (χ3v) is 7.25. The van der Waals surface area contributed by atoms with E-state index in [1.165, 1.54) is 22.0 Å². The number of furan rings is 1. The van der Waals surface area contributed by atoms with Crippen molar-refractivity contribution in [1.29, 1.82) is 0 Å². The van der Waals surface area contributed by atoms with Gasteiger partial charge in [0.25, 0.3) is 0 Å². The molecule has 0 spiro atoms. The minimum atomic E-state index is 0.919. The maximum atomic E-state index is 6.29. The van der Waals surface area contributed by atoms with Gasteiger partial charge < -0.3 is 8.82 Å². The summed E-state index contributed by atoms with van der Waals surface area (Å²) >= 11 is 0. The van der Waals surface area contributed by atoms with Gasteiger partial charge in [-0.25, -0.2) is 0 Å². The summed E-state index contributed by atoms with van der Waals surface area (Å²) in [5.74, 6) is 0. The highest BCUT2D eigenvalue weighted by Crippen LogP contribution is 2.39. The lowest BCUT2D eigenvalue weighted by atomic mass is 9.98. The second kappa shape index (κ2) is 7.30. The van der Waals surface area contributed by atoms with Crippen LogP contribution in [-0.4, -0.2) is 9.38 Å². The number of hydrogen-bond donors (Lipinski definition) is 0. The van der Waals surface area contributed by atoms with E-state index >= 15 is 0 Å². The topological polar surface area (TPSA) is 30.4 Å². The minimum Gasteiger partial charge on any atom is -0.455 e. The Labute approximate surface area is 206 Å². The molecule has 0 aliphatic heterocycles. The summed E-state index contributed by atoms with van der Waals surface area (Å²) in [6.45, 7) is 0. The molecule has 8 rings (SSSR count). The molecule has 3 aromatic heterocycles. The third-order valence-electron chi connectivity index (χ3n) is 7.25. The minimum absolute atomic E-state index is 0.919. The van der Waals surface area contributed by atoms with Gasteiger partial charge in [0.1, 0.15) is 11.2 Å². The number of rotatable bonds is 2. The van der Waals surface area contributed by atoms with Gasteiger partial charge in [0.2, 0.25) is 0 Å². The molecule has 0 radical (unpaired) electrons. The Morgan fingerprint density at radius 3 is 2.11 bits per heavy atom. The van der Waals surface area contributed by atoms with Crippen molar-refractivity contribution in [2.75, 3.05) is 0 Å². The van der Waals surface area contributed by atoms with Crippen LogP contribution >= 0.6 is 0 Å². The number of benzene rings is 5. The Balaban J connectivity index is 1.34. The van der Waals surface area contributed by atoms with Gasteiger partial charge in [0, 0.05) is 27.3 Å². The van der Waals surface area contributed by atoms with Crippen LogP contribution in [-0.2, 0) is 0 Å². The fourth-order valence-corrected chi connectivity index (χ4v) is 5.63. The molecular formula is C33H20N2O. The van der Waals surface area contributed by atoms with E-state index < -0.39 is 0 Å².